The maximum Gasteiger partial charge on any atom is 0.320 e. The summed E-state index contributed by atoms with van der Waals surface area (Å²) in [5.74, 6) is 0.371. The first-order valence-electron chi connectivity index (χ1n) is 7.27. The molecule has 20 heavy (non-hydrogen) atoms. The minimum absolute atomic E-state index is 0.151. The summed E-state index contributed by atoms with van der Waals surface area (Å²) in [4.78, 5) is 13.9. The Labute approximate surface area is 120 Å². The number of ether oxygens (including phenoxy) is 2. The minimum atomic E-state index is -0.151. The van der Waals surface area contributed by atoms with Gasteiger partial charge in [-0.15, -0.1) is 0 Å². The zero-order valence-electron chi connectivity index (χ0n) is 12.1. The van der Waals surface area contributed by atoms with Gasteiger partial charge in [-0.3, -0.25) is 9.69 Å². The summed E-state index contributed by atoms with van der Waals surface area (Å²) >= 11 is 0. The molecule has 0 saturated carbocycles. The first kappa shape index (κ1) is 15.0. The maximum absolute atomic E-state index is 11.7. The van der Waals surface area contributed by atoms with Crippen molar-refractivity contribution in [1.29, 1.82) is 0 Å². The lowest BCUT2D eigenvalue weighted by Gasteiger charge is -2.24. The first-order valence-corrected chi connectivity index (χ1v) is 7.27. The van der Waals surface area contributed by atoms with Gasteiger partial charge in [-0.05, 0) is 24.8 Å². The molecule has 0 bridgehead atoms. The molecule has 1 aliphatic rings. The lowest BCUT2D eigenvalue weighted by atomic mass is 10.1. The van der Waals surface area contributed by atoms with Crippen LogP contribution in [0.4, 0.5) is 0 Å². The molecule has 4 heteroatoms. The van der Waals surface area contributed by atoms with Gasteiger partial charge in [0.2, 0.25) is 0 Å². The average molecular weight is 277 g/mol. The van der Waals surface area contributed by atoms with Crippen molar-refractivity contribution in [2.75, 3.05) is 32.9 Å². The summed E-state index contributed by atoms with van der Waals surface area (Å²) in [5, 5.41) is 0. The zero-order valence-corrected chi connectivity index (χ0v) is 12.1. The van der Waals surface area contributed by atoms with E-state index >= 15 is 0 Å². The van der Waals surface area contributed by atoms with Gasteiger partial charge in [0.15, 0.2) is 0 Å². The van der Waals surface area contributed by atoms with Crippen LogP contribution >= 0.6 is 0 Å². The average Bonchev–Trinajstić information content (AvgIpc) is 2.93. The van der Waals surface area contributed by atoms with E-state index in [9.17, 15) is 4.79 Å². The fraction of sp³-hybridized carbons (Fsp3) is 0.562. The Hall–Kier alpha value is -1.39. The largest absolute Gasteiger partial charge is 0.465 e. The van der Waals surface area contributed by atoms with Crippen molar-refractivity contribution in [3.8, 4) is 0 Å². The standard InChI is InChI=1S/C16H23NO3/c1-2-20-16(18)12-17(11-15-8-9-19-13-15)10-14-6-4-3-5-7-14/h3-7,15H,2,8-13H2,1H3. The van der Waals surface area contributed by atoms with Gasteiger partial charge < -0.3 is 9.47 Å². The molecule has 0 spiro atoms. The smallest absolute Gasteiger partial charge is 0.320 e. The quantitative estimate of drug-likeness (QED) is 0.715. The van der Waals surface area contributed by atoms with E-state index in [4.69, 9.17) is 9.47 Å². The second-order valence-corrected chi connectivity index (χ2v) is 5.19. The molecule has 1 aromatic carbocycles. The zero-order chi connectivity index (χ0) is 14.2. The number of benzene rings is 1. The van der Waals surface area contributed by atoms with Crippen LogP contribution in [0.1, 0.15) is 18.9 Å². The number of carbonyl (C=O) groups is 1. The summed E-state index contributed by atoms with van der Waals surface area (Å²) < 4.78 is 10.5. The van der Waals surface area contributed by atoms with E-state index in [2.05, 4.69) is 17.0 Å². The van der Waals surface area contributed by atoms with Gasteiger partial charge in [-0.25, -0.2) is 0 Å². The molecule has 1 aliphatic heterocycles. The summed E-state index contributed by atoms with van der Waals surface area (Å²) in [6, 6.07) is 10.2. The minimum Gasteiger partial charge on any atom is -0.465 e. The molecular weight excluding hydrogens is 254 g/mol. The van der Waals surface area contributed by atoms with Crippen molar-refractivity contribution < 1.29 is 14.3 Å². The summed E-state index contributed by atoms with van der Waals surface area (Å²) in [7, 11) is 0. The molecule has 2 rings (SSSR count). The predicted molar refractivity (Wildman–Crippen MR) is 77.3 cm³/mol. The summed E-state index contributed by atoms with van der Waals surface area (Å²) in [6.07, 6.45) is 1.08. The van der Waals surface area contributed by atoms with Crippen LogP contribution in [-0.4, -0.2) is 43.8 Å². The fourth-order valence-corrected chi connectivity index (χ4v) is 2.51. The van der Waals surface area contributed by atoms with Gasteiger partial charge >= 0.3 is 5.97 Å². The van der Waals surface area contributed by atoms with E-state index in [-0.39, 0.29) is 5.97 Å². The Bertz CT molecular complexity index is 401. The van der Waals surface area contributed by atoms with Gasteiger partial charge in [-0.2, -0.15) is 0 Å². The molecule has 1 unspecified atom stereocenters. The molecule has 0 radical (unpaired) electrons. The Morgan fingerprint density at radius 1 is 1.40 bits per heavy atom. The van der Waals surface area contributed by atoms with Crippen LogP contribution in [-0.2, 0) is 20.8 Å². The highest BCUT2D eigenvalue weighted by molar-refractivity contribution is 5.71. The number of rotatable bonds is 7. The van der Waals surface area contributed by atoms with Crippen molar-refractivity contribution >= 4 is 5.97 Å². The van der Waals surface area contributed by atoms with Gasteiger partial charge in [0.25, 0.3) is 0 Å². The molecule has 1 heterocycles. The maximum atomic E-state index is 11.7. The van der Waals surface area contributed by atoms with Gasteiger partial charge in [0, 0.05) is 19.7 Å². The van der Waals surface area contributed by atoms with Crippen LogP contribution in [0.3, 0.4) is 0 Å². The SMILES string of the molecule is CCOC(=O)CN(Cc1ccccc1)CC1CCOC1. The van der Waals surface area contributed by atoms with Crippen molar-refractivity contribution in [3.05, 3.63) is 35.9 Å². The topological polar surface area (TPSA) is 38.8 Å². The van der Waals surface area contributed by atoms with E-state index in [1.165, 1.54) is 5.56 Å². The molecule has 0 aromatic heterocycles. The van der Waals surface area contributed by atoms with E-state index in [1.54, 1.807) is 0 Å². The molecule has 1 aromatic rings. The van der Waals surface area contributed by atoms with Crippen LogP contribution < -0.4 is 0 Å². The van der Waals surface area contributed by atoms with Crippen molar-refractivity contribution in [1.82, 2.24) is 4.90 Å². The van der Waals surface area contributed by atoms with Gasteiger partial charge in [-0.1, -0.05) is 30.3 Å². The predicted octanol–water partition coefficient (Wildman–Crippen LogP) is 2.09. The lowest BCUT2D eigenvalue weighted by Crippen LogP contribution is -2.35. The summed E-state index contributed by atoms with van der Waals surface area (Å²) in [5.41, 5.74) is 1.22. The molecule has 1 saturated heterocycles. The molecule has 0 amide bonds. The second-order valence-electron chi connectivity index (χ2n) is 5.19. The highest BCUT2D eigenvalue weighted by Crippen LogP contribution is 2.15. The van der Waals surface area contributed by atoms with Crippen LogP contribution in [0.15, 0.2) is 30.3 Å². The molecule has 110 valence electrons. The number of hydrogen-bond acceptors (Lipinski definition) is 4. The Morgan fingerprint density at radius 3 is 2.85 bits per heavy atom. The van der Waals surface area contributed by atoms with E-state index in [0.29, 0.717) is 19.1 Å². The van der Waals surface area contributed by atoms with Crippen molar-refractivity contribution in [3.63, 3.8) is 0 Å². The number of esters is 1. The highest BCUT2D eigenvalue weighted by atomic mass is 16.5. The van der Waals surface area contributed by atoms with E-state index in [0.717, 1.165) is 32.7 Å². The highest BCUT2D eigenvalue weighted by Gasteiger charge is 2.21. The molecule has 0 aliphatic carbocycles. The number of nitrogens with zero attached hydrogens (tertiary/aromatic N) is 1. The Balaban J connectivity index is 1.93. The van der Waals surface area contributed by atoms with Crippen molar-refractivity contribution in [2.24, 2.45) is 5.92 Å². The molecule has 1 fully saturated rings. The molecule has 0 N–H and O–H groups in total. The van der Waals surface area contributed by atoms with Crippen LogP contribution in [0.2, 0.25) is 0 Å². The van der Waals surface area contributed by atoms with Crippen LogP contribution in [0, 0.1) is 5.92 Å². The van der Waals surface area contributed by atoms with E-state index < -0.39 is 0 Å². The van der Waals surface area contributed by atoms with Gasteiger partial charge in [0.05, 0.1) is 19.8 Å². The Morgan fingerprint density at radius 2 is 2.20 bits per heavy atom. The molecular formula is C16H23NO3. The van der Waals surface area contributed by atoms with Crippen molar-refractivity contribution in [2.45, 2.75) is 19.9 Å². The first-order chi connectivity index (χ1) is 9.78. The number of carbonyl (C=O) groups excluding carboxylic acids is 1. The molecule has 4 nitrogen and oxygen atoms in total. The van der Waals surface area contributed by atoms with Crippen LogP contribution in [0.5, 0.6) is 0 Å². The third-order valence-electron chi connectivity index (χ3n) is 3.45. The summed E-state index contributed by atoms with van der Waals surface area (Å²) in [6.45, 7) is 5.91. The van der Waals surface area contributed by atoms with E-state index in [1.807, 2.05) is 25.1 Å². The number of hydrogen-bond donors (Lipinski definition) is 0. The Kier molecular flexibility index (Phi) is 6.02. The second kappa shape index (κ2) is 8.02. The van der Waals surface area contributed by atoms with Gasteiger partial charge in [0.1, 0.15) is 0 Å². The molecule has 1 atom stereocenters. The fourth-order valence-electron chi connectivity index (χ4n) is 2.51. The lowest BCUT2D eigenvalue weighted by molar-refractivity contribution is -0.144. The monoisotopic (exact) mass is 277 g/mol. The normalized spacial score (nSPS) is 18.4. The third kappa shape index (κ3) is 4.94. The third-order valence-corrected chi connectivity index (χ3v) is 3.45. The van der Waals surface area contributed by atoms with Crippen LogP contribution in [0.25, 0.3) is 0 Å².